The molecule has 3 rings (SSSR count). The van der Waals surface area contributed by atoms with Crippen LogP contribution in [0.15, 0.2) is 42.5 Å². The third kappa shape index (κ3) is 5.15. The molecule has 1 aliphatic heterocycles. The number of likely N-dealkylation sites (tertiary alicyclic amines) is 1. The van der Waals surface area contributed by atoms with Gasteiger partial charge in [0.2, 0.25) is 0 Å². The molecule has 2 aromatic rings. The molecule has 7 heteroatoms. The van der Waals surface area contributed by atoms with Crippen molar-refractivity contribution in [1.29, 1.82) is 0 Å². The van der Waals surface area contributed by atoms with Crippen molar-refractivity contribution >= 4 is 17.7 Å². The number of hydrogen-bond donors (Lipinski definition) is 1. The number of aryl methyl sites for hydroxylation is 1. The summed E-state index contributed by atoms with van der Waals surface area (Å²) in [6.07, 6.45) is 1.93. The fourth-order valence-electron chi connectivity index (χ4n) is 4.24. The van der Waals surface area contributed by atoms with Crippen molar-refractivity contribution < 1.29 is 23.8 Å². The van der Waals surface area contributed by atoms with Gasteiger partial charge in [-0.05, 0) is 56.4 Å². The second-order valence-corrected chi connectivity index (χ2v) is 8.13. The van der Waals surface area contributed by atoms with Gasteiger partial charge < -0.3 is 24.4 Å². The molecule has 1 saturated heterocycles. The molecule has 0 bridgehead atoms. The molecule has 32 heavy (non-hydrogen) atoms. The smallest absolute Gasteiger partial charge is 0.321 e. The number of nitrogens with one attached hydrogen (secondary N) is 1. The van der Waals surface area contributed by atoms with E-state index in [1.54, 1.807) is 37.3 Å². The molecule has 1 fully saturated rings. The van der Waals surface area contributed by atoms with Crippen molar-refractivity contribution in [2.24, 2.45) is 5.41 Å². The summed E-state index contributed by atoms with van der Waals surface area (Å²) >= 11 is 0. The molecule has 1 aliphatic rings. The van der Waals surface area contributed by atoms with E-state index < -0.39 is 5.41 Å². The Bertz CT molecular complexity index is 961. The highest BCUT2D eigenvalue weighted by Crippen LogP contribution is 2.37. The summed E-state index contributed by atoms with van der Waals surface area (Å²) in [5.74, 6) is 0.895. The number of carbonyl (C=O) groups excluding carboxylic acids is 2. The molecule has 1 unspecified atom stereocenters. The fraction of sp³-hybridized carbons (Fsp3) is 0.440. The van der Waals surface area contributed by atoms with E-state index in [0.717, 1.165) is 17.5 Å². The average Bonchev–Trinajstić information content (AvgIpc) is 2.81. The summed E-state index contributed by atoms with van der Waals surface area (Å²) in [5.41, 5.74) is 1.99. The summed E-state index contributed by atoms with van der Waals surface area (Å²) < 4.78 is 16.1. The van der Waals surface area contributed by atoms with Crippen LogP contribution in [0.3, 0.4) is 0 Å². The first-order chi connectivity index (χ1) is 15.4. The van der Waals surface area contributed by atoms with E-state index in [-0.39, 0.29) is 12.0 Å². The van der Waals surface area contributed by atoms with Gasteiger partial charge in [-0.25, -0.2) is 4.79 Å². The van der Waals surface area contributed by atoms with Crippen LogP contribution >= 0.6 is 0 Å². The van der Waals surface area contributed by atoms with Gasteiger partial charge in [-0.15, -0.1) is 0 Å². The molecule has 1 heterocycles. The molecule has 1 atom stereocenters. The van der Waals surface area contributed by atoms with Gasteiger partial charge in [0.05, 0.1) is 31.9 Å². The molecule has 0 saturated carbocycles. The number of esters is 1. The predicted octanol–water partition coefficient (Wildman–Crippen LogP) is 4.43. The van der Waals surface area contributed by atoms with Crippen LogP contribution in [-0.4, -0.2) is 50.8 Å². The van der Waals surface area contributed by atoms with Gasteiger partial charge in [0.1, 0.15) is 11.5 Å². The Kier molecular flexibility index (Phi) is 7.62. The van der Waals surface area contributed by atoms with Crippen LogP contribution in [0.5, 0.6) is 11.5 Å². The van der Waals surface area contributed by atoms with Crippen molar-refractivity contribution in [1.82, 2.24) is 4.90 Å². The number of carbonyl (C=O) groups is 2. The number of amides is 2. The quantitative estimate of drug-likeness (QED) is 0.645. The molecule has 0 aliphatic carbocycles. The summed E-state index contributed by atoms with van der Waals surface area (Å²) in [6, 6.07) is 13.0. The Morgan fingerprint density at radius 1 is 1.12 bits per heavy atom. The van der Waals surface area contributed by atoms with Crippen molar-refractivity contribution in [2.75, 3.05) is 39.2 Å². The first-order valence-corrected chi connectivity index (χ1v) is 10.9. The molecule has 1 N–H and O–H groups in total. The van der Waals surface area contributed by atoms with Gasteiger partial charge in [-0.2, -0.15) is 0 Å². The number of methoxy groups -OCH3 is 2. The van der Waals surface area contributed by atoms with Crippen LogP contribution < -0.4 is 14.8 Å². The topological polar surface area (TPSA) is 77.1 Å². The minimum Gasteiger partial charge on any atom is -0.497 e. The second kappa shape index (κ2) is 10.4. The first kappa shape index (κ1) is 23.4. The van der Waals surface area contributed by atoms with E-state index in [4.69, 9.17) is 14.2 Å². The van der Waals surface area contributed by atoms with Crippen LogP contribution in [-0.2, 0) is 16.0 Å². The minimum absolute atomic E-state index is 0.247. The zero-order valence-electron chi connectivity index (χ0n) is 19.3. The molecular formula is C25H32N2O5. The van der Waals surface area contributed by atoms with Crippen molar-refractivity contribution in [3.05, 3.63) is 53.6 Å². The lowest BCUT2D eigenvalue weighted by atomic mass is 9.74. The highest BCUT2D eigenvalue weighted by atomic mass is 16.5. The van der Waals surface area contributed by atoms with Gasteiger partial charge in [0.25, 0.3) is 0 Å². The third-order valence-electron chi connectivity index (χ3n) is 6.01. The minimum atomic E-state index is -0.776. The molecule has 0 radical (unpaired) electrons. The number of anilines is 1. The maximum absolute atomic E-state index is 13.2. The maximum atomic E-state index is 13.2. The lowest BCUT2D eigenvalue weighted by Gasteiger charge is -2.41. The van der Waals surface area contributed by atoms with E-state index in [2.05, 4.69) is 5.32 Å². The van der Waals surface area contributed by atoms with Crippen molar-refractivity contribution in [3.8, 4) is 11.5 Å². The lowest BCUT2D eigenvalue weighted by Crippen LogP contribution is -2.52. The zero-order chi connectivity index (χ0) is 23.1. The summed E-state index contributed by atoms with van der Waals surface area (Å²) in [5, 5.41) is 2.92. The van der Waals surface area contributed by atoms with E-state index in [9.17, 15) is 9.59 Å². The number of piperidine rings is 1. The van der Waals surface area contributed by atoms with Gasteiger partial charge in [0.15, 0.2) is 0 Å². The number of ether oxygens (including phenoxy) is 3. The number of nitrogens with zero attached hydrogens (tertiary/aromatic N) is 1. The van der Waals surface area contributed by atoms with Crippen LogP contribution in [0, 0.1) is 12.3 Å². The maximum Gasteiger partial charge on any atom is 0.321 e. The van der Waals surface area contributed by atoms with Crippen molar-refractivity contribution in [2.45, 2.75) is 33.1 Å². The Morgan fingerprint density at radius 3 is 2.59 bits per heavy atom. The van der Waals surface area contributed by atoms with Crippen LogP contribution in [0.2, 0.25) is 0 Å². The Morgan fingerprint density at radius 2 is 1.91 bits per heavy atom. The van der Waals surface area contributed by atoms with Crippen LogP contribution in [0.4, 0.5) is 10.5 Å². The van der Waals surface area contributed by atoms with Gasteiger partial charge in [-0.3, -0.25) is 4.79 Å². The molecule has 0 spiro atoms. The van der Waals surface area contributed by atoms with E-state index in [1.165, 1.54) is 0 Å². The molecule has 2 amide bonds. The zero-order valence-corrected chi connectivity index (χ0v) is 19.3. The van der Waals surface area contributed by atoms with Gasteiger partial charge in [0, 0.05) is 19.2 Å². The first-order valence-electron chi connectivity index (χ1n) is 10.9. The SMILES string of the molecule is CCOC(=O)C1(Cc2ccccc2C)CCCN(C(=O)Nc2ccc(OC)cc2OC)C1. The Labute approximate surface area is 189 Å². The summed E-state index contributed by atoms with van der Waals surface area (Å²) in [6.45, 7) is 5.02. The van der Waals surface area contributed by atoms with E-state index in [1.807, 2.05) is 38.1 Å². The van der Waals surface area contributed by atoms with Crippen molar-refractivity contribution in [3.63, 3.8) is 0 Å². The number of hydrogen-bond acceptors (Lipinski definition) is 5. The molecular weight excluding hydrogens is 408 g/mol. The highest BCUT2D eigenvalue weighted by Gasteiger charge is 2.45. The Hall–Kier alpha value is -3.22. The molecule has 2 aromatic carbocycles. The third-order valence-corrected chi connectivity index (χ3v) is 6.01. The number of rotatable bonds is 7. The molecule has 7 nitrogen and oxygen atoms in total. The summed E-state index contributed by atoms with van der Waals surface area (Å²) in [4.78, 5) is 28.0. The number of benzene rings is 2. The lowest BCUT2D eigenvalue weighted by molar-refractivity contribution is -0.158. The predicted molar refractivity (Wildman–Crippen MR) is 123 cm³/mol. The van der Waals surface area contributed by atoms with Crippen LogP contribution in [0.1, 0.15) is 30.9 Å². The van der Waals surface area contributed by atoms with E-state index >= 15 is 0 Å². The Balaban J connectivity index is 1.83. The largest absolute Gasteiger partial charge is 0.497 e. The average molecular weight is 441 g/mol. The summed E-state index contributed by atoms with van der Waals surface area (Å²) in [7, 11) is 3.11. The molecule has 172 valence electrons. The van der Waals surface area contributed by atoms with Gasteiger partial charge >= 0.3 is 12.0 Å². The second-order valence-electron chi connectivity index (χ2n) is 8.13. The normalized spacial score (nSPS) is 18.1. The van der Waals surface area contributed by atoms with Gasteiger partial charge in [-0.1, -0.05) is 24.3 Å². The van der Waals surface area contributed by atoms with Crippen LogP contribution in [0.25, 0.3) is 0 Å². The fourth-order valence-corrected chi connectivity index (χ4v) is 4.24. The highest BCUT2D eigenvalue weighted by molar-refractivity contribution is 5.92. The standard InChI is InChI=1S/C25H32N2O5/c1-5-32-23(28)25(16-19-10-7-6-9-18(19)2)13-8-14-27(17-25)24(29)26-21-12-11-20(30-3)15-22(21)31-4/h6-7,9-12,15H,5,8,13-14,16-17H2,1-4H3,(H,26,29). The molecule has 0 aromatic heterocycles. The monoisotopic (exact) mass is 440 g/mol. The number of urea groups is 1. The van der Waals surface area contributed by atoms with E-state index in [0.29, 0.717) is 49.7 Å².